The SMILES string of the molecule is COC(=O)CCS(=O)(=O)CCCCC(C)N. The Labute approximate surface area is 97.3 Å². The first-order valence-corrected chi connectivity index (χ1v) is 7.22. The maximum atomic E-state index is 11.5. The quantitative estimate of drug-likeness (QED) is 0.501. The number of carbonyl (C=O) groups excluding carboxylic acids is 1. The number of ether oxygens (including phenoxy) is 1. The zero-order valence-corrected chi connectivity index (χ0v) is 10.8. The highest BCUT2D eigenvalue weighted by Crippen LogP contribution is 2.04. The van der Waals surface area contributed by atoms with Crippen LogP contribution in [0.25, 0.3) is 0 Å². The number of carbonyl (C=O) groups is 1. The van der Waals surface area contributed by atoms with Crippen LogP contribution < -0.4 is 5.73 Å². The van der Waals surface area contributed by atoms with Gasteiger partial charge in [0.1, 0.15) is 0 Å². The molecule has 0 saturated carbocycles. The number of hydrogen-bond acceptors (Lipinski definition) is 5. The number of sulfone groups is 1. The Morgan fingerprint density at radius 1 is 1.31 bits per heavy atom. The number of esters is 1. The summed E-state index contributed by atoms with van der Waals surface area (Å²) in [4.78, 5) is 10.8. The van der Waals surface area contributed by atoms with Crippen LogP contribution in [0.5, 0.6) is 0 Å². The monoisotopic (exact) mass is 251 g/mol. The lowest BCUT2D eigenvalue weighted by molar-refractivity contribution is -0.140. The van der Waals surface area contributed by atoms with Gasteiger partial charge in [-0.25, -0.2) is 8.42 Å². The van der Waals surface area contributed by atoms with Crippen LogP contribution in [0.4, 0.5) is 0 Å². The summed E-state index contributed by atoms with van der Waals surface area (Å²) in [6, 6.07) is 0.109. The van der Waals surface area contributed by atoms with Crippen molar-refractivity contribution in [3.05, 3.63) is 0 Å². The number of nitrogens with two attached hydrogens (primary N) is 1. The zero-order valence-electron chi connectivity index (χ0n) is 9.94. The van der Waals surface area contributed by atoms with Crippen molar-refractivity contribution in [2.75, 3.05) is 18.6 Å². The van der Waals surface area contributed by atoms with E-state index in [0.29, 0.717) is 6.42 Å². The number of rotatable bonds is 8. The third kappa shape index (κ3) is 8.67. The average molecular weight is 251 g/mol. The van der Waals surface area contributed by atoms with Gasteiger partial charge in [-0.1, -0.05) is 6.42 Å². The van der Waals surface area contributed by atoms with Crippen LogP contribution in [0.15, 0.2) is 0 Å². The molecule has 0 aromatic rings. The lowest BCUT2D eigenvalue weighted by Gasteiger charge is -2.05. The van der Waals surface area contributed by atoms with E-state index in [9.17, 15) is 13.2 Å². The Hall–Kier alpha value is -0.620. The molecule has 96 valence electrons. The molecule has 0 aliphatic heterocycles. The van der Waals surface area contributed by atoms with E-state index in [1.807, 2.05) is 6.92 Å². The maximum Gasteiger partial charge on any atom is 0.306 e. The van der Waals surface area contributed by atoms with Crippen LogP contribution in [-0.2, 0) is 19.4 Å². The van der Waals surface area contributed by atoms with Gasteiger partial charge in [-0.2, -0.15) is 0 Å². The summed E-state index contributed by atoms with van der Waals surface area (Å²) < 4.78 is 27.3. The van der Waals surface area contributed by atoms with Crippen LogP contribution in [0.1, 0.15) is 32.6 Å². The van der Waals surface area contributed by atoms with Crippen LogP contribution in [0, 0.1) is 0 Å². The van der Waals surface area contributed by atoms with Crippen molar-refractivity contribution in [2.45, 2.75) is 38.6 Å². The molecular formula is C10H21NO4S. The highest BCUT2D eigenvalue weighted by molar-refractivity contribution is 7.91. The van der Waals surface area contributed by atoms with E-state index in [1.165, 1.54) is 7.11 Å². The van der Waals surface area contributed by atoms with E-state index < -0.39 is 15.8 Å². The molecule has 5 nitrogen and oxygen atoms in total. The molecule has 0 amide bonds. The van der Waals surface area contributed by atoms with E-state index >= 15 is 0 Å². The van der Waals surface area contributed by atoms with Crippen molar-refractivity contribution in [2.24, 2.45) is 5.73 Å². The molecule has 0 aromatic carbocycles. The predicted octanol–water partition coefficient (Wildman–Crippen LogP) is 0.482. The standard InChI is InChI=1S/C10H21NO4S/c1-9(11)5-3-4-7-16(13,14)8-6-10(12)15-2/h9H,3-8,11H2,1-2H3. The highest BCUT2D eigenvalue weighted by atomic mass is 32.2. The van der Waals surface area contributed by atoms with Gasteiger partial charge < -0.3 is 10.5 Å². The van der Waals surface area contributed by atoms with E-state index in [1.54, 1.807) is 0 Å². The Morgan fingerprint density at radius 2 is 1.94 bits per heavy atom. The summed E-state index contributed by atoms with van der Waals surface area (Å²) in [6.45, 7) is 1.89. The molecule has 0 aromatic heterocycles. The van der Waals surface area contributed by atoms with Crippen molar-refractivity contribution in [3.8, 4) is 0 Å². The molecule has 0 bridgehead atoms. The molecule has 1 atom stereocenters. The topological polar surface area (TPSA) is 86.5 Å². The predicted molar refractivity (Wildman–Crippen MR) is 62.8 cm³/mol. The fourth-order valence-electron chi connectivity index (χ4n) is 1.23. The molecule has 2 N–H and O–H groups in total. The summed E-state index contributed by atoms with van der Waals surface area (Å²) in [5.41, 5.74) is 5.55. The first-order valence-electron chi connectivity index (χ1n) is 5.40. The zero-order chi connectivity index (χ0) is 12.6. The number of methoxy groups -OCH3 is 1. The Bertz CT molecular complexity index is 298. The summed E-state index contributed by atoms with van der Waals surface area (Å²) in [5, 5.41) is 0. The van der Waals surface area contributed by atoms with Gasteiger partial charge in [0.05, 0.1) is 25.0 Å². The molecular weight excluding hydrogens is 230 g/mol. The summed E-state index contributed by atoms with van der Waals surface area (Å²) in [6.07, 6.45) is 2.17. The normalized spacial score (nSPS) is 13.4. The Morgan fingerprint density at radius 3 is 2.44 bits per heavy atom. The van der Waals surface area contributed by atoms with Crippen molar-refractivity contribution >= 4 is 15.8 Å². The van der Waals surface area contributed by atoms with Gasteiger partial charge in [0.15, 0.2) is 9.84 Å². The van der Waals surface area contributed by atoms with Crippen LogP contribution in [0.2, 0.25) is 0 Å². The van der Waals surface area contributed by atoms with Gasteiger partial charge in [0.2, 0.25) is 0 Å². The Kier molecular flexibility index (Phi) is 7.33. The smallest absolute Gasteiger partial charge is 0.306 e. The van der Waals surface area contributed by atoms with E-state index in [2.05, 4.69) is 4.74 Å². The lowest BCUT2D eigenvalue weighted by atomic mass is 10.2. The molecule has 0 fully saturated rings. The molecule has 0 rings (SSSR count). The summed E-state index contributed by atoms with van der Waals surface area (Å²) >= 11 is 0. The van der Waals surface area contributed by atoms with Crippen LogP contribution in [0.3, 0.4) is 0 Å². The summed E-state index contributed by atoms with van der Waals surface area (Å²) in [7, 11) is -1.88. The van der Waals surface area contributed by atoms with Crippen LogP contribution >= 0.6 is 0 Å². The van der Waals surface area contributed by atoms with Crippen molar-refractivity contribution < 1.29 is 17.9 Å². The van der Waals surface area contributed by atoms with Gasteiger partial charge in [-0.05, 0) is 19.8 Å². The van der Waals surface area contributed by atoms with Gasteiger partial charge in [0.25, 0.3) is 0 Å². The van der Waals surface area contributed by atoms with E-state index in [0.717, 1.165) is 12.8 Å². The van der Waals surface area contributed by atoms with Crippen molar-refractivity contribution in [3.63, 3.8) is 0 Å². The fourth-order valence-corrected chi connectivity index (χ4v) is 2.56. The van der Waals surface area contributed by atoms with Crippen molar-refractivity contribution in [1.82, 2.24) is 0 Å². The molecule has 0 spiro atoms. The minimum Gasteiger partial charge on any atom is -0.469 e. The fraction of sp³-hybridized carbons (Fsp3) is 0.900. The molecule has 0 saturated heterocycles. The van der Waals surface area contributed by atoms with Gasteiger partial charge in [0, 0.05) is 6.04 Å². The summed E-state index contributed by atoms with van der Waals surface area (Å²) in [5.74, 6) is -0.492. The van der Waals surface area contributed by atoms with Gasteiger partial charge >= 0.3 is 5.97 Å². The number of unbranched alkanes of at least 4 members (excludes halogenated alkanes) is 1. The third-order valence-electron chi connectivity index (χ3n) is 2.21. The largest absolute Gasteiger partial charge is 0.469 e. The molecule has 0 radical (unpaired) electrons. The third-order valence-corrected chi connectivity index (χ3v) is 3.95. The first-order chi connectivity index (χ1) is 7.37. The highest BCUT2D eigenvalue weighted by Gasteiger charge is 2.13. The Balaban J connectivity index is 3.75. The van der Waals surface area contributed by atoms with E-state index in [-0.39, 0.29) is 24.0 Å². The minimum atomic E-state index is -3.13. The van der Waals surface area contributed by atoms with Crippen LogP contribution in [-0.4, -0.2) is 39.0 Å². The molecule has 16 heavy (non-hydrogen) atoms. The van der Waals surface area contributed by atoms with Crippen molar-refractivity contribution in [1.29, 1.82) is 0 Å². The molecule has 1 unspecified atom stereocenters. The second kappa shape index (κ2) is 7.62. The minimum absolute atomic E-state index is 0.0634. The molecule has 0 heterocycles. The maximum absolute atomic E-state index is 11.5. The van der Waals surface area contributed by atoms with Gasteiger partial charge in [-0.3, -0.25) is 4.79 Å². The average Bonchev–Trinajstić information content (AvgIpc) is 2.21. The van der Waals surface area contributed by atoms with Gasteiger partial charge in [-0.15, -0.1) is 0 Å². The second-order valence-electron chi connectivity index (χ2n) is 3.95. The molecule has 6 heteroatoms. The first kappa shape index (κ1) is 15.4. The number of hydrogen-bond donors (Lipinski definition) is 1. The second-order valence-corrected chi connectivity index (χ2v) is 6.25. The molecule has 0 aliphatic rings. The lowest BCUT2D eigenvalue weighted by Crippen LogP contribution is -2.17. The van der Waals surface area contributed by atoms with E-state index in [4.69, 9.17) is 5.73 Å². The molecule has 0 aliphatic carbocycles.